The third kappa shape index (κ3) is 14.3. The van der Waals surface area contributed by atoms with Crippen LogP contribution in [0.5, 0.6) is 0 Å². The van der Waals surface area contributed by atoms with Crippen molar-refractivity contribution < 1.29 is 19.8 Å². The molecule has 110 valence electrons. The molecule has 2 amide bonds. The molecular formula is C13H24N2O4. The van der Waals surface area contributed by atoms with E-state index in [9.17, 15) is 9.59 Å². The normalized spacial score (nSPS) is 8.84. The van der Waals surface area contributed by atoms with Gasteiger partial charge in [-0.2, -0.15) is 0 Å². The number of hydrogen-bond acceptors (Lipinski definition) is 4. The van der Waals surface area contributed by atoms with E-state index < -0.39 is 0 Å². The molecule has 0 unspecified atom stereocenters. The monoisotopic (exact) mass is 272 g/mol. The van der Waals surface area contributed by atoms with Gasteiger partial charge in [-0.25, -0.2) is 0 Å². The Balaban J connectivity index is 0. The van der Waals surface area contributed by atoms with Crippen molar-refractivity contribution >= 4 is 11.8 Å². The summed E-state index contributed by atoms with van der Waals surface area (Å²) in [4.78, 5) is 21.3. The van der Waals surface area contributed by atoms with E-state index in [1.165, 1.54) is 0 Å². The zero-order chi connectivity index (χ0) is 15.3. The highest BCUT2D eigenvalue weighted by molar-refractivity contribution is 5.92. The Kier molecular flexibility index (Phi) is 13.2. The number of amides is 2. The second-order valence-corrected chi connectivity index (χ2v) is 3.87. The van der Waals surface area contributed by atoms with Crippen LogP contribution in [0.1, 0.15) is 20.3 Å². The molecule has 0 rings (SSSR count). The molecule has 0 fully saturated rings. The highest BCUT2D eigenvalue weighted by Crippen LogP contribution is 1.85. The predicted octanol–water partition coefficient (Wildman–Crippen LogP) is -0.268. The van der Waals surface area contributed by atoms with E-state index in [4.69, 9.17) is 10.2 Å². The molecule has 0 bridgehead atoms. The highest BCUT2D eigenvalue weighted by atomic mass is 16.3. The lowest BCUT2D eigenvalue weighted by Gasteiger charge is -2.01. The molecule has 0 atom stereocenters. The lowest BCUT2D eigenvalue weighted by atomic mass is 10.3. The standard InChI is InChI=1S/C7H13NO2.C6H11NO2/c1-6(2)7(10)8-4-3-5-9;1-5(2)6(9)7-3-4-8/h9H,1,3-5H2,2H3,(H,8,10);8H,1,3-4H2,2H3,(H,7,9). The molecule has 0 spiro atoms. The summed E-state index contributed by atoms with van der Waals surface area (Å²) in [5.74, 6) is -0.350. The zero-order valence-electron chi connectivity index (χ0n) is 11.7. The van der Waals surface area contributed by atoms with Gasteiger partial charge in [0.2, 0.25) is 11.8 Å². The molecule has 4 N–H and O–H groups in total. The van der Waals surface area contributed by atoms with Crippen LogP contribution in [-0.2, 0) is 9.59 Å². The number of nitrogens with one attached hydrogen (secondary N) is 2. The van der Waals surface area contributed by atoms with Crippen molar-refractivity contribution in [2.45, 2.75) is 20.3 Å². The number of rotatable bonds is 7. The Morgan fingerprint density at radius 2 is 1.32 bits per heavy atom. The van der Waals surface area contributed by atoms with Gasteiger partial charge in [0, 0.05) is 30.8 Å². The van der Waals surface area contributed by atoms with Gasteiger partial charge in [-0.3, -0.25) is 9.59 Å². The maximum absolute atomic E-state index is 10.7. The fourth-order valence-corrected chi connectivity index (χ4v) is 0.752. The smallest absolute Gasteiger partial charge is 0.246 e. The minimum atomic E-state index is -0.205. The first kappa shape index (κ1) is 19.7. The van der Waals surface area contributed by atoms with Gasteiger partial charge in [0.25, 0.3) is 0 Å². The Hall–Kier alpha value is -1.66. The van der Waals surface area contributed by atoms with Crippen LogP contribution in [-0.4, -0.2) is 48.3 Å². The van der Waals surface area contributed by atoms with Crippen molar-refractivity contribution in [1.82, 2.24) is 10.6 Å². The Bertz CT molecular complexity index is 314. The summed E-state index contributed by atoms with van der Waals surface area (Å²) in [6.45, 7) is 11.0. The SMILES string of the molecule is C=C(C)C(=O)NCCCO.C=C(C)C(=O)NCCO. The van der Waals surface area contributed by atoms with E-state index in [1.807, 2.05) is 0 Å². The number of hydrogen-bond donors (Lipinski definition) is 4. The number of carbonyl (C=O) groups excluding carboxylic acids is 2. The van der Waals surface area contributed by atoms with Gasteiger partial charge >= 0.3 is 0 Å². The van der Waals surface area contributed by atoms with Crippen molar-refractivity contribution in [2.75, 3.05) is 26.3 Å². The first-order chi connectivity index (χ1) is 8.86. The Labute approximate surface area is 114 Å². The van der Waals surface area contributed by atoms with Gasteiger partial charge < -0.3 is 20.8 Å². The molecule has 0 aromatic rings. The molecule has 0 aliphatic heterocycles. The van der Waals surface area contributed by atoms with Crippen LogP contribution in [0.25, 0.3) is 0 Å². The van der Waals surface area contributed by atoms with Gasteiger partial charge in [-0.1, -0.05) is 13.2 Å². The first-order valence-electron chi connectivity index (χ1n) is 5.95. The van der Waals surface area contributed by atoms with Crippen LogP contribution < -0.4 is 10.6 Å². The average Bonchev–Trinajstić information content (AvgIpc) is 2.36. The van der Waals surface area contributed by atoms with Crippen LogP contribution in [0.2, 0.25) is 0 Å². The first-order valence-corrected chi connectivity index (χ1v) is 5.95. The van der Waals surface area contributed by atoms with Gasteiger partial charge in [0.1, 0.15) is 0 Å². The summed E-state index contributed by atoms with van der Waals surface area (Å²) in [5.41, 5.74) is 0.960. The molecule has 0 aliphatic carbocycles. The quantitative estimate of drug-likeness (QED) is 0.379. The summed E-state index contributed by atoms with van der Waals surface area (Å²) in [6, 6.07) is 0. The number of aliphatic hydroxyl groups excluding tert-OH is 2. The maximum atomic E-state index is 10.7. The zero-order valence-corrected chi connectivity index (χ0v) is 11.7. The molecule has 6 nitrogen and oxygen atoms in total. The molecule has 0 aromatic carbocycles. The average molecular weight is 272 g/mol. The van der Waals surface area contributed by atoms with E-state index in [0.29, 0.717) is 30.7 Å². The van der Waals surface area contributed by atoms with Crippen molar-refractivity contribution in [3.8, 4) is 0 Å². The summed E-state index contributed by atoms with van der Waals surface area (Å²) in [5, 5.41) is 21.6. The Morgan fingerprint density at radius 3 is 1.63 bits per heavy atom. The van der Waals surface area contributed by atoms with E-state index in [1.54, 1.807) is 13.8 Å². The molecule has 0 radical (unpaired) electrons. The van der Waals surface area contributed by atoms with E-state index in [2.05, 4.69) is 23.8 Å². The third-order valence-corrected chi connectivity index (χ3v) is 1.79. The number of aliphatic hydroxyl groups is 2. The van der Waals surface area contributed by atoms with Gasteiger partial charge in [0.15, 0.2) is 0 Å². The summed E-state index contributed by atoms with van der Waals surface area (Å²) >= 11 is 0. The lowest BCUT2D eigenvalue weighted by molar-refractivity contribution is -0.118. The van der Waals surface area contributed by atoms with E-state index in [0.717, 1.165) is 0 Å². The van der Waals surface area contributed by atoms with Crippen molar-refractivity contribution in [2.24, 2.45) is 0 Å². The largest absolute Gasteiger partial charge is 0.396 e. The summed E-state index contributed by atoms with van der Waals surface area (Å²) < 4.78 is 0. The van der Waals surface area contributed by atoms with Gasteiger partial charge in [-0.15, -0.1) is 0 Å². The topological polar surface area (TPSA) is 98.7 Å². The summed E-state index contributed by atoms with van der Waals surface area (Å²) in [7, 11) is 0. The molecule has 0 aromatic heterocycles. The van der Waals surface area contributed by atoms with Crippen molar-refractivity contribution in [3.63, 3.8) is 0 Å². The fourth-order valence-electron chi connectivity index (χ4n) is 0.752. The molecular weight excluding hydrogens is 248 g/mol. The second-order valence-electron chi connectivity index (χ2n) is 3.87. The van der Waals surface area contributed by atoms with Crippen LogP contribution in [0.3, 0.4) is 0 Å². The fraction of sp³-hybridized carbons (Fsp3) is 0.538. The Morgan fingerprint density at radius 1 is 0.895 bits per heavy atom. The summed E-state index contributed by atoms with van der Waals surface area (Å²) in [6.07, 6.45) is 0.596. The maximum Gasteiger partial charge on any atom is 0.246 e. The number of carbonyl (C=O) groups is 2. The van der Waals surface area contributed by atoms with Crippen LogP contribution in [0.4, 0.5) is 0 Å². The highest BCUT2D eigenvalue weighted by Gasteiger charge is 1.98. The molecule has 6 heteroatoms. The van der Waals surface area contributed by atoms with E-state index >= 15 is 0 Å². The van der Waals surface area contributed by atoms with Crippen LogP contribution >= 0.6 is 0 Å². The molecule has 0 heterocycles. The van der Waals surface area contributed by atoms with Gasteiger partial charge in [-0.05, 0) is 20.3 Å². The van der Waals surface area contributed by atoms with Crippen LogP contribution in [0.15, 0.2) is 24.3 Å². The van der Waals surface area contributed by atoms with Gasteiger partial charge in [0.05, 0.1) is 6.61 Å². The lowest BCUT2D eigenvalue weighted by Crippen LogP contribution is -2.26. The minimum Gasteiger partial charge on any atom is -0.396 e. The molecule has 0 saturated carbocycles. The minimum absolute atomic E-state index is 0.0288. The third-order valence-electron chi connectivity index (χ3n) is 1.79. The molecule has 0 aliphatic rings. The van der Waals surface area contributed by atoms with Crippen molar-refractivity contribution in [1.29, 1.82) is 0 Å². The van der Waals surface area contributed by atoms with Crippen LogP contribution in [0, 0.1) is 0 Å². The molecule has 19 heavy (non-hydrogen) atoms. The molecule has 0 saturated heterocycles. The predicted molar refractivity (Wildman–Crippen MR) is 74.4 cm³/mol. The van der Waals surface area contributed by atoms with E-state index in [-0.39, 0.29) is 25.0 Å². The van der Waals surface area contributed by atoms with Crippen molar-refractivity contribution in [3.05, 3.63) is 24.3 Å². The second kappa shape index (κ2) is 12.8.